The van der Waals surface area contributed by atoms with E-state index in [4.69, 9.17) is 21.1 Å². The van der Waals surface area contributed by atoms with E-state index in [9.17, 15) is 9.90 Å². The zero-order chi connectivity index (χ0) is 23.9. The standard InChI is InChI=1S/C25H21ClN4O4/c1-33-23-8-4-6-17(24(23)31)14-27-30-25(32)22-13-21(28-29-22)16-9-11-19(12-10-16)34-15-18-5-2-3-7-20(18)26/h2-14,31H,15H2,1H3,(H,28,29)(H,30,32)/b27-14-. The Morgan fingerprint density at radius 2 is 1.94 bits per heavy atom. The van der Waals surface area contributed by atoms with Crippen molar-refractivity contribution in [3.8, 4) is 28.5 Å². The molecule has 8 nitrogen and oxygen atoms in total. The van der Waals surface area contributed by atoms with Crippen molar-refractivity contribution >= 4 is 23.7 Å². The number of rotatable bonds is 8. The second-order valence-corrected chi connectivity index (χ2v) is 7.58. The van der Waals surface area contributed by atoms with Gasteiger partial charge in [-0.1, -0.05) is 35.9 Å². The molecule has 0 spiro atoms. The average molecular weight is 477 g/mol. The molecular formula is C25H21ClN4O4. The number of carbonyl (C=O) groups is 1. The molecule has 0 saturated heterocycles. The minimum absolute atomic E-state index is 0.0638. The van der Waals surface area contributed by atoms with Crippen molar-refractivity contribution in [3.63, 3.8) is 0 Å². The minimum atomic E-state index is -0.475. The second-order valence-electron chi connectivity index (χ2n) is 7.17. The number of ether oxygens (including phenoxy) is 2. The van der Waals surface area contributed by atoms with Crippen molar-refractivity contribution in [1.82, 2.24) is 15.6 Å². The van der Waals surface area contributed by atoms with Gasteiger partial charge in [0.15, 0.2) is 11.5 Å². The number of hydrogen-bond donors (Lipinski definition) is 3. The number of aromatic nitrogens is 2. The van der Waals surface area contributed by atoms with Crippen molar-refractivity contribution in [2.24, 2.45) is 5.10 Å². The van der Waals surface area contributed by atoms with Gasteiger partial charge in [-0.2, -0.15) is 10.2 Å². The van der Waals surface area contributed by atoms with Gasteiger partial charge in [0, 0.05) is 21.7 Å². The summed E-state index contributed by atoms with van der Waals surface area (Å²) < 4.78 is 10.8. The number of H-pyrrole nitrogens is 1. The maximum absolute atomic E-state index is 12.4. The number of aromatic hydroxyl groups is 1. The topological polar surface area (TPSA) is 109 Å². The third-order valence-corrected chi connectivity index (χ3v) is 5.31. The van der Waals surface area contributed by atoms with E-state index in [-0.39, 0.29) is 11.4 Å². The number of nitrogens with one attached hydrogen (secondary N) is 2. The number of para-hydroxylation sites is 1. The molecule has 4 aromatic rings. The van der Waals surface area contributed by atoms with Crippen LogP contribution in [-0.2, 0) is 6.61 Å². The van der Waals surface area contributed by atoms with Crippen molar-refractivity contribution < 1.29 is 19.4 Å². The zero-order valence-corrected chi connectivity index (χ0v) is 18.9. The number of halogens is 1. The van der Waals surface area contributed by atoms with E-state index >= 15 is 0 Å². The molecule has 3 N–H and O–H groups in total. The summed E-state index contributed by atoms with van der Waals surface area (Å²) in [6.07, 6.45) is 1.33. The molecular weight excluding hydrogens is 456 g/mol. The Labute approximate surface area is 200 Å². The molecule has 0 bridgehead atoms. The summed E-state index contributed by atoms with van der Waals surface area (Å²) in [6, 6.07) is 21.5. The van der Waals surface area contributed by atoms with E-state index in [2.05, 4.69) is 20.7 Å². The quantitative estimate of drug-likeness (QED) is 0.250. The van der Waals surface area contributed by atoms with Gasteiger partial charge in [0.2, 0.25) is 0 Å². The number of carbonyl (C=O) groups excluding carboxylic acids is 1. The van der Waals surface area contributed by atoms with Gasteiger partial charge in [0.1, 0.15) is 18.1 Å². The summed E-state index contributed by atoms with van der Waals surface area (Å²) in [4.78, 5) is 12.4. The molecule has 0 unspecified atom stereocenters. The molecule has 172 valence electrons. The summed E-state index contributed by atoms with van der Waals surface area (Å²) in [5.74, 6) is 0.462. The Bertz CT molecular complexity index is 1320. The fourth-order valence-electron chi connectivity index (χ4n) is 3.11. The SMILES string of the molecule is COc1cccc(/C=N\NC(=O)c2cc(-c3ccc(OCc4ccccc4Cl)cc3)n[nH]2)c1O. The van der Waals surface area contributed by atoms with Crippen molar-refractivity contribution in [1.29, 1.82) is 0 Å². The number of phenolic OH excluding ortho intramolecular Hbond substituents is 1. The van der Waals surface area contributed by atoms with Gasteiger partial charge in [0.05, 0.1) is 19.0 Å². The number of methoxy groups -OCH3 is 1. The first-order chi connectivity index (χ1) is 16.5. The van der Waals surface area contributed by atoms with Crippen LogP contribution >= 0.6 is 11.6 Å². The first kappa shape index (κ1) is 22.9. The third kappa shape index (κ3) is 5.36. The predicted octanol–water partition coefficient (Wildman–Crippen LogP) is 4.79. The van der Waals surface area contributed by atoms with Gasteiger partial charge >= 0.3 is 0 Å². The molecule has 0 aliphatic heterocycles. The Hall–Kier alpha value is -4.30. The lowest BCUT2D eigenvalue weighted by Gasteiger charge is -2.08. The summed E-state index contributed by atoms with van der Waals surface area (Å²) >= 11 is 6.16. The lowest BCUT2D eigenvalue weighted by molar-refractivity contribution is 0.0950. The van der Waals surface area contributed by atoms with Crippen LogP contribution in [0.2, 0.25) is 5.02 Å². The largest absolute Gasteiger partial charge is 0.504 e. The Balaban J connectivity index is 1.36. The molecule has 0 saturated carbocycles. The van der Waals surface area contributed by atoms with Crippen LogP contribution in [-0.4, -0.2) is 34.5 Å². The fraction of sp³-hybridized carbons (Fsp3) is 0.0800. The molecule has 0 aliphatic carbocycles. The Morgan fingerprint density at radius 1 is 1.15 bits per heavy atom. The minimum Gasteiger partial charge on any atom is -0.504 e. The number of benzene rings is 3. The highest BCUT2D eigenvalue weighted by Crippen LogP contribution is 2.28. The fourth-order valence-corrected chi connectivity index (χ4v) is 3.30. The van der Waals surface area contributed by atoms with Gasteiger partial charge in [-0.15, -0.1) is 0 Å². The van der Waals surface area contributed by atoms with Gasteiger partial charge in [0.25, 0.3) is 5.91 Å². The monoisotopic (exact) mass is 476 g/mol. The van der Waals surface area contributed by atoms with Crippen molar-refractivity contribution in [2.45, 2.75) is 6.61 Å². The van der Waals surface area contributed by atoms with Crippen LogP contribution in [0.15, 0.2) is 77.9 Å². The molecule has 0 radical (unpaired) electrons. The molecule has 0 fully saturated rings. The highest BCUT2D eigenvalue weighted by molar-refractivity contribution is 6.31. The van der Waals surface area contributed by atoms with E-state index in [0.29, 0.717) is 34.4 Å². The second kappa shape index (κ2) is 10.5. The van der Waals surface area contributed by atoms with Gasteiger partial charge in [-0.3, -0.25) is 9.89 Å². The molecule has 34 heavy (non-hydrogen) atoms. The van der Waals surface area contributed by atoms with Gasteiger partial charge in [-0.05, 0) is 48.5 Å². The third-order valence-electron chi connectivity index (χ3n) is 4.94. The number of nitrogens with zero attached hydrogens (tertiary/aromatic N) is 2. The van der Waals surface area contributed by atoms with E-state index in [1.54, 1.807) is 24.3 Å². The molecule has 9 heteroatoms. The highest BCUT2D eigenvalue weighted by atomic mass is 35.5. The molecule has 4 rings (SSSR count). The van der Waals surface area contributed by atoms with Crippen LogP contribution in [0.5, 0.6) is 17.2 Å². The van der Waals surface area contributed by atoms with Crippen LogP contribution in [0.1, 0.15) is 21.6 Å². The van der Waals surface area contributed by atoms with Crippen LogP contribution in [0.4, 0.5) is 0 Å². The molecule has 1 amide bonds. The van der Waals surface area contributed by atoms with Crippen LogP contribution in [0.3, 0.4) is 0 Å². The molecule has 1 aromatic heterocycles. The first-order valence-corrected chi connectivity index (χ1v) is 10.6. The van der Waals surface area contributed by atoms with Crippen molar-refractivity contribution in [3.05, 3.63) is 94.6 Å². The summed E-state index contributed by atoms with van der Waals surface area (Å²) in [5.41, 5.74) is 5.35. The molecule has 3 aromatic carbocycles. The van der Waals surface area contributed by atoms with E-state index in [0.717, 1.165) is 11.1 Å². The summed E-state index contributed by atoms with van der Waals surface area (Å²) in [5, 5.41) is 21.5. The number of hydrazone groups is 1. The van der Waals surface area contributed by atoms with Crippen LogP contribution in [0, 0.1) is 0 Å². The van der Waals surface area contributed by atoms with Crippen molar-refractivity contribution in [2.75, 3.05) is 7.11 Å². The van der Waals surface area contributed by atoms with Gasteiger partial charge < -0.3 is 14.6 Å². The van der Waals surface area contributed by atoms with E-state index in [1.807, 2.05) is 48.5 Å². The van der Waals surface area contributed by atoms with E-state index in [1.165, 1.54) is 13.3 Å². The number of aromatic amines is 1. The number of hydrogen-bond acceptors (Lipinski definition) is 6. The smallest absolute Gasteiger partial charge is 0.289 e. The molecule has 0 atom stereocenters. The highest BCUT2D eigenvalue weighted by Gasteiger charge is 2.11. The normalized spacial score (nSPS) is 10.9. The van der Waals surface area contributed by atoms with Crippen LogP contribution in [0.25, 0.3) is 11.3 Å². The first-order valence-electron chi connectivity index (χ1n) is 10.3. The zero-order valence-electron chi connectivity index (χ0n) is 18.2. The maximum Gasteiger partial charge on any atom is 0.289 e. The summed E-state index contributed by atoms with van der Waals surface area (Å²) in [7, 11) is 1.45. The Kier molecular flexibility index (Phi) is 7.10. The summed E-state index contributed by atoms with van der Waals surface area (Å²) in [6.45, 7) is 0.361. The lowest BCUT2D eigenvalue weighted by atomic mass is 10.1. The number of phenols is 1. The number of amides is 1. The van der Waals surface area contributed by atoms with Crippen LogP contribution < -0.4 is 14.9 Å². The predicted molar refractivity (Wildman–Crippen MR) is 130 cm³/mol. The molecule has 0 aliphatic rings. The maximum atomic E-state index is 12.4. The average Bonchev–Trinajstić information content (AvgIpc) is 3.35. The lowest BCUT2D eigenvalue weighted by Crippen LogP contribution is -2.18. The van der Waals surface area contributed by atoms with E-state index < -0.39 is 5.91 Å². The Morgan fingerprint density at radius 3 is 2.71 bits per heavy atom. The molecule has 1 heterocycles. The van der Waals surface area contributed by atoms with Gasteiger partial charge in [-0.25, -0.2) is 5.43 Å².